The van der Waals surface area contributed by atoms with Crippen molar-refractivity contribution in [2.75, 3.05) is 13.1 Å². The summed E-state index contributed by atoms with van der Waals surface area (Å²) in [4.78, 5) is 19.0. The minimum atomic E-state index is -0.938. The van der Waals surface area contributed by atoms with Gasteiger partial charge in [-0.1, -0.05) is 18.6 Å². The van der Waals surface area contributed by atoms with E-state index in [2.05, 4.69) is 9.74 Å². The van der Waals surface area contributed by atoms with E-state index in [1.54, 1.807) is 0 Å². The molecule has 1 aromatic carbocycles. The second kappa shape index (κ2) is 5.12. The van der Waals surface area contributed by atoms with Gasteiger partial charge in [0, 0.05) is 19.0 Å². The number of benzene rings is 1. The number of hydrogen-bond acceptors (Lipinski definition) is 4. The highest BCUT2D eigenvalue weighted by Crippen LogP contribution is 2.64. The normalized spacial score (nSPS) is 39.3. The van der Waals surface area contributed by atoms with Gasteiger partial charge in [-0.15, -0.1) is 0 Å². The highest BCUT2D eigenvalue weighted by molar-refractivity contribution is 5.90. The molecule has 5 nitrogen and oxygen atoms in total. The summed E-state index contributed by atoms with van der Waals surface area (Å²) in [6, 6.07) is 3.91. The standard InChI is InChI=1S/C22H24N2O3/c1-23-15-6-5-14-11-17-22(26)8-7-16(25)20-21(22,18(14)19(15)27-20)9-10-24(17)12-13-3-2-4-13/h5-6,13,17,20,26H,2-4,7-12H2/t17-,20?,21+,22-/m1/s1. The number of rotatable bonds is 2. The highest BCUT2D eigenvalue weighted by atomic mass is 16.5. The number of piperidine rings is 1. The third-order valence-corrected chi connectivity index (χ3v) is 8.21. The fourth-order valence-corrected chi connectivity index (χ4v) is 6.73. The van der Waals surface area contributed by atoms with Crippen LogP contribution in [0.2, 0.25) is 0 Å². The fourth-order valence-electron chi connectivity index (χ4n) is 6.73. The first-order valence-electron chi connectivity index (χ1n) is 10.3. The van der Waals surface area contributed by atoms with Gasteiger partial charge in [0.05, 0.1) is 17.6 Å². The van der Waals surface area contributed by atoms with Crippen molar-refractivity contribution in [3.63, 3.8) is 0 Å². The number of carbonyl (C=O) groups is 1. The molecule has 5 aliphatic rings. The fraction of sp³-hybridized carbons (Fsp3) is 0.636. The molecule has 1 N–H and O–H groups in total. The molecule has 2 aliphatic heterocycles. The molecule has 1 unspecified atom stereocenters. The lowest BCUT2D eigenvalue weighted by Gasteiger charge is -2.63. The summed E-state index contributed by atoms with van der Waals surface area (Å²) < 4.78 is 6.18. The largest absolute Gasteiger partial charge is 0.492 e. The summed E-state index contributed by atoms with van der Waals surface area (Å²) in [5.74, 6) is 1.42. The molecule has 0 aromatic heterocycles. The molecule has 3 fully saturated rings. The van der Waals surface area contributed by atoms with Crippen molar-refractivity contribution >= 4 is 11.5 Å². The molecule has 2 bridgehead atoms. The third-order valence-electron chi connectivity index (χ3n) is 8.21. The summed E-state index contributed by atoms with van der Waals surface area (Å²) in [5.41, 5.74) is 1.03. The molecule has 2 heterocycles. The van der Waals surface area contributed by atoms with Crippen molar-refractivity contribution in [2.45, 2.75) is 68.1 Å². The highest BCUT2D eigenvalue weighted by Gasteiger charge is 2.72. The zero-order valence-electron chi connectivity index (χ0n) is 15.4. The Kier molecular flexibility index (Phi) is 3.05. The quantitative estimate of drug-likeness (QED) is 0.820. The Labute approximate surface area is 159 Å². The summed E-state index contributed by atoms with van der Waals surface area (Å²) >= 11 is 0. The second-order valence-electron chi connectivity index (χ2n) is 9.18. The molecule has 140 valence electrons. The SMILES string of the molecule is [C-]#[N+]c1ccc2c3c1OC1C(=O)CC[C@@]4(O)[C@@H](C2)N(CC2CCC2)CC[C@]314. The van der Waals surface area contributed by atoms with Gasteiger partial charge in [0.2, 0.25) is 5.69 Å². The van der Waals surface area contributed by atoms with Gasteiger partial charge in [-0.2, -0.15) is 0 Å². The van der Waals surface area contributed by atoms with Gasteiger partial charge in [-0.25, -0.2) is 4.85 Å². The van der Waals surface area contributed by atoms with Crippen LogP contribution in [0.1, 0.15) is 49.7 Å². The molecule has 27 heavy (non-hydrogen) atoms. The zero-order valence-corrected chi connectivity index (χ0v) is 15.4. The van der Waals surface area contributed by atoms with Gasteiger partial charge in [0.25, 0.3) is 0 Å². The average molecular weight is 364 g/mol. The molecular formula is C22H24N2O3. The molecule has 1 saturated heterocycles. The predicted octanol–water partition coefficient (Wildman–Crippen LogP) is 2.76. The van der Waals surface area contributed by atoms with Crippen LogP contribution in [0.4, 0.5) is 5.69 Å². The first-order valence-corrected chi connectivity index (χ1v) is 10.3. The smallest absolute Gasteiger partial charge is 0.228 e. The average Bonchev–Trinajstić information content (AvgIpc) is 2.98. The van der Waals surface area contributed by atoms with E-state index in [0.29, 0.717) is 24.3 Å². The number of ether oxygens (including phenoxy) is 1. The van der Waals surface area contributed by atoms with Crippen LogP contribution < -0.4 is 4.74 Å². The number of hydrogen-bond donors (Lipinski definition) is 1. The zero-order chi connectivity index (χ0) is 18.4. The Morgan fingerprint density at radius 2 is 2.19 bits per heavy atom. The van der Waals surface area contributed by atoms with Crippen LogP contribution in [0, 0.1) is 12.5 Å². The van der Waals surface area contributed by atoms with Crippen molar-refractivity contribution in [1.82, 2.24) is 4.90 Å². The molecular weight excluding hydrogens is 340 g/mol. The van der Waals surface area contributed by atoms with Crippen molar-refractivity contribution in [3.05, 3.63) is 34.7 Å². The number of carbonyl (C=O) groups excluding carboxylic acids is 1. The number of ketones is 1. The van der Waals surface area contributed by atoms with Crippen LogP contribution in [0.5, 0.6) is 5.75 Å². The van der Waals surface area contributed by atoms with Crippen molar-refractivity contribution in [3.8, 4) is 5.75 Å². The van der Waals surface area contributed by atoms with Gasteiger partial charge in [-0.05, 0) is 55.7 Å². The summed E-state index contributed by atoms with van der Waals surface area (Å²) in [6.45, 7) is 9.47. The van der Waals surface area contributed by atoms with Crippen molar-refractivity contribution in [1.29, 1.82) is 0 Å². The number of Topliss-reactive ketones (excluding diaryl/α,β-unsaturated/α-hetero) is 1. The number of nitrogens with zero attached hydrogens (tertiary/aromatic N) is 2. The van der Waals surface area contributed by atoms with Crippen molar-refractivity contribution in [2.24, 2.45) is 5.92 Å². The Morgan fingerprint density at radius 1 is 1.33 bits per heavy atom. The molecule has 6 rings (SSSR count). The van der Waals surface area contributed by atoms with E-state index in [-0.39, 0.29) is 11.8 Å². The van der Waals surface area contributed by atoms with Gasteiger partial charge in [-0.3, -0.25) is 9.69 Å². The van der Waals surface area contributed by atoms with Crippen LogP contribution in [0.25, 0.3) is 4.85 Å². The minimum Gasteiger partial charge on any atom is -0.492 e. The first kappa shape index (κ1) is 16.1. The van der Waals surface area contributed by atoms with Crippen LogP contribution in [-0.4, -0.2) is 46.6 Å². The molecule has 0 amide bonds. The van der Waals surface area contributed by atoms with Gasteiger partial charge >= 0.3 is 0 Å². The lowest BCUT2D eigenvalue weighted by Crippen LogP contribution is -2.76. The van der Waals surface area contributed by atoms with Gasteiger partial charge in [0.1, 0.15) is 5.75 Å². The van der Waals surface area contributed by atoms with Crippen molar-refractivity contribution < 1.29 is 14.6 Å². The van der Waals surface area contributed by atoms with Crippen LogP contribution in [0.15, 0.2) is 12.1 Å². The third kappa shape index (κ3) is 1.75. The van der Waals surface area contributed by atoms with Crippen LogP contribution in [-0.2, 0) is 16.6 Å². The maximum absolute atomic E-state index is 12.8. The van der Waals surface area contributed by atoms with E-state index < -0.39 is 17.1 Å². The van der Waals surface area contributed by atoms with E-state index >= 15 is 0 Å². The molecule has 1 aromatic rings. The Bertz CT molecular complexity index is 902. The maximum Gasteiger partial charge on any atom is 0.228 e. The first-order chi connectivity index (χ1) is 13.1. The Hall–Kier alpha value is -1.90. The monoisotopic (exact) mass is 364 g/mol. The second-order valence-corrected chi connectivity index (χ2v) is 9.18. The van der Waals surface area contributed by atoms with Crippen LogP contribution >= 0.6 is 0 Å². The molecule has 1 spiro atoms. The van der Waals surface area contributed by atoms with Gasteiger partial charge in [0.15, 0.2) is 11.9 Å². The predicted molar refractivity (Wildman–Crippen MR) is 99.0 cm³/mol. The summed E-state index contributed by atoms with van der Waals surface area (Å²) in [7, 11) is 0. The summed E-state index contributed by atoms with van der Waals surface area (Å²) in [6.07, 6.45) is 5.71. The molecule has 0 radical (unpaired) electrons. The molecule has 4 atom stereocenters. The lowest BCUT2D eigenvalue weighted by atomic mass is 9.49. The Morgan fingerprint density at radius 3 is 2.93 bits per heavy atom. The van der Waals surface area contributed by atoms with E-state index in [9.17, 15) is 9.90 Å². The minimum absolute atomic E-state index is 0.0447. The number of likely N-dealkylation sites (tertiary alicyclic amines) is 1. The van der Waals surface area contributed by atoms with Gasteiger partial charge < -0.3 is 9.84 Å². The Balaban J connectivity index is 1.54. The molecule has 2 saturated carbocycles. The van der Waals surface area contributed by atoms with Crippen LogP contribution in [0.3, 0.4) is 0 Å². The molecule has 3 aliphatic carbocycles. The van der Waals surface area contributed by atoms with E-state index in [4.69, 9.17) is 11.3 Å². The van der Waals surface area contributed by atoms with E-state index in [1.807, 2.05) is 12.1 Å². The summed E-state index contributed by atoms with van der Waals surface area (Å²) in [5, 5.41) is 12.1. The van der Waals surface area contributed by atoms with E-state index in [1.165, 1.54) is 24.8 Å². The molecule has 5 heteroatoms. The number of aliphatic hydroxyl groups is 1. The topological polar surface area (TPSA) is 54.1 Å². The van der Waals surface area contributed by atoms with E-state index in [0.717, 1.165) is 37.4 Å². The maximum atomic E-state index is 12.8. The lowest BCUT2D eigenvalue weighted by molar-refractivity contribution is -0.190.